The van der Waals surface area contributed by atoms with E-state index in [2.05, 4.69) is 20.5 Å². The molecule has 0 bridgehead atoms. The van der Waals surface area contributed by atoms with E-state index < -0.39 is 5.97 Å². The van der Waals surface area contributed by atoms with E-state index in [1.807, 2.05) is 6.92 Å². The molecule has 0 fully saturated rings. The Balaban J connectivity index is 2.25. The highest BCUT2D eigenvalue weighted by Gasteiger charge is 2.21. The molecule has 2 heterocycles. The molecule has 0 aliphatic carbocycles. The molecule has 0 atom stereocenters. The van der Waals surface area contributed by atoms with Crippen molar-refractivity contribution in [3.63, 3.8) is 0 Å². The molecule has 21 heavy (non-hydrogen) atoms. The Morgan fingerprint density at radius 2 is 2.19 bits per heavy atom. The minimum absolute atomic E-state index is 0.175. The lowest BCUT2D eigenvalue weighted by Gasteiger charge is -2.05. The molecular weight excluding hydrogens is 278 g/mol. The number of hydrogen-bond acceptors (Lipinski definition) is 8. The van der Waals surface area contributed by atoms with Crippen LogP contribution in [0.5, 0.6) is 0 Å². The van der Waals surface area contributed by atoms with Gasteiger partial charge in [0.15, 0.2) is 11.5 Å². The molecule has 2 aromatic rings. The molecule has 0 unspecified atom stereocenters. The van der Waals surface area contributed by atoms with E-state index >= 15 is 0 Å². The monoisotopic (exact) mass is 295 g/mol. The van der Waals surface area contributed by atoms with Gasteiger partial charge in [-0.2, -0.15) is 4.98 Å². The summed E-state index contributed by atoms with van der Waals surface area (Å²) in [5, 5.41) is 11.7. The minimum atomic E-state index is -0.533. The van der Waals surface area contributed by atoms with Gasteiger partial charge in [0.05, 0.1) is 19.4 Å². The molecule has 0 spiro atoms. The normalized spacial score (nSPS) is 10.8. The number of aryl methyl sites for hydroxylation is 1. The van der Waals surface area contributed by atoms with Crippen molar-refractivity contribution in [2.24, 2.45) is 0 Å². The Morgan fingerprint density at radius 1 is 1.38 bits per heavy atom. The second-order valence-electron chi connectivity index (χ2n) is 4.23. The van der Waals surface area contributed by atoms with Gasteiger partial charge in [-0.05, 0) is 0 Å². The van der Waals surface area contributed by atoms with Crippen LogP contribution in [0.2, 0.25) is 0 Å². The number of methoxy groups -OCH3 is 2. The van der Waals surface area contributed by atoms with Crippen LogP contribution in [-0.4, -0.2) is 51.9 Å². The van der Waals surface area contributed by atoms with Crippen molar-refractivity contribution >= 4 is 5.97 Å². The fraction of sp³-hybridized carbons (Fsp3) is 0.583. The predicted octanol–water partition coefficient (Wildman–Crippen LogP) is 0.247. The van der Waals surface area contributed by atoms with Crippen molar-refractivity contribution in [1.82, 2.24) is 25.1 Å². The molecule has 0 aliphatic heterocycles. The lowest BCUT2D eigenvalue weighted by molar-refractivity contribution is 0.0592. The summed E-state index contributed by atoms with van der Waals surface area (Å²) >= 11 is 0. The van der Waals surface area contributed by atoms with Crippen LogP contribution in [0.25, 0.3) is 0 Å². The fourth-order valence-electron chi connectivity index (χ4n) is 1.79. The first kappa shape index (κ1) is 15.1. The molecule has 9 nitrogen and oxygen atoms in total. The second-order valence-corrected chi connectivity index (χ2v) is 4.23. The summed E-state index contributed by atoms with van der Waals surface area (Å²) in [5.74, 6) is 0.498. The fourth-order valence-corrected chi connectivity index (χ4v) is 1.79. The molecule has 9 heteroatoms. The summed E-state index contributed by atoms with van der Waals surface area (Å²) in [5.41, 5.74) is 0.792. The van der Waals surface area contributed by atoms with Crippen molar-refractivity contribution in [2.45, 2.75) is 26.3 Å². The SMILES string of the molecule is CCc1nc(Cn2nnc(C(=O)OC)c2CCOC)no1. The molecule has 0 radical (unpaired) electrons. The van der Waals surface area contributed by atoms with Crippen molar-refractivity contribution in [3.8, 4) is 0 Å². The third kappa shape index (κ3) is 3.43. The van der Waals surface area contributed by atoms with E-state index in [1.54, 1.807) is 11.8 Å². The second kappa shape index (κ2) is 6.93. The van der Waals surface area contributed by atoms with Gasteiger partial charge >= 0.3 is 5.97 Å². The standard InChI is InChI=1S/C12H17N5O4/c1-4-10-13-9(15-21-10)7-17-8(5-6-19-2)11(14-16-17)12(18)20-3/h4-7H2,1-3H3. The zero-order chi connectivity index (χ0) is 15.2. The van der Waals surface area contributed by atoms with Gasteiger partial charge in [0, 0.05) is 20.0 Å². The number of rotatable bonds is 7. The van der Waals surface area contributed by atoms with Crippen LogP contribution < -0.4 is 0 Å². The van der Waals surface area contributed by atoms with Crippen molar-refractivity contribution in [1.29, 1.82) is 0 Å². The van der Waals surface area contributed by atoms with Crippen LogP contribution in [0.15, 0.2) is 4.52 Å². The maximum absolute atomic E-state index is 11.7. The summed E-state index contributed by atoms with van der Waals surface area (Å²) in [4.78, 5) is 15.9. The molecule has 114 valence electrons. The average Bonchev–Trinajstić information content (AvgIpc) is 3.11. The smallest absolute Gasteiger partial charge is 0.360 e. The van der Waals surface area contributed by atoms with E-state index in [1.165, 1.54) is 7.11 Å². The number of carbonyl (C=O) groups is 1. The zero-order valence-electron chi connectivity index (χ0n) is 12.2. The molecular formula is C12H17N5O4. The Bertz CT molecular complexity index is 607. The lowest BCUT2D eigenvalue weighted by atomic mass is 10.2. The number of nitrogens with zero attached hydrogens (tertiary/aromatic N) is 5. The molecule has 2 rings (SSSR count). The maximum Gasteiger partial charge on any atom is 0.360 e. The highest BCUT2D eigenvalue weighted by Crippen LogP contribution is 2.10. The van der Waals surface area contributed by atoms with Crippen LogP contribution in [0, 0.1) is 0 Å². The molecule has 0 saturated carbocycles. The highest BCUT2D eigenvalue weighted by atomic mass is 16.5. The van der Waals surface area contributed by atoms with Crippen molar-refractivity contribution in [2.75, 3.05) is 20.8 Å². The van der Waals surface area contributed by atoms with E-state index in [0.29, 0.717) is 36.9 Å². The van der Waals surface area contributed by atoms with Gasteiger partial charge < -0.3 is 14.0 Å². The molecule has 0 saturated heterocycles. The largest absolute Gasteiger partial charge is 0.464 e. The first-order valence-electron chi connectivity index (χ1n) is 6.50. The third-order valence-electron chi connectivity index (χ3n) is 2.86. The van der Waals surface area contributed by atoms with E-state index in [9.17, 15) is 4.79 Å². The highest BCUT2D eigenvalue weighted by molar-refractivity contribution is 5.88. The van der Waals surface area contributed by atoms with Crippen LogP contribution in [-0.2, 0) is 28.9 Å². The van der Waals surface area contributed by atoms with Crippen molar-refractivity contribution in [3.05, 3.63) is 23.1 Å². The number of ether oxygens (including phenoxy) is 2. The third-order valence-corrected chi connectivity index (χ3v) is 2.86. The Labute approximate surface area is 121 Å². The van der Waals surface area contributed by atoms with Crippen LogP contribution in [0.3, 0.4) is 0 Å². The molecule has 2 aromatic heterocycles. The van der Waals surface area contributed by atoms with Crippen molar-refractivity contribution < 1.29 is 18.8 Å². The van der Waals surface area contributed by atoms with Gasteiger partial charge in [-0.15, -0.1) is 5.10 Å². The van der Waals surface area contributed by atoms with E-state index in [0.717, 1.165) is 0 Å². The number of carbonyl (C=O) groups excluding carboxylic acids is 1. The Kier molecular flexibility index (Phi) is 4.99. The first-order chi connectivity index (χ1) is 10.2. The van der Waals surface area contributed by atoms with Gasteiger partial charge in [-0.3, -0.25) is 0 Å². The Hall–Kier alpha value is -2.29. The van der Waals surface area contributed by atoms with E-state index in [4.69, 9.17) is 14.0 Å². The van der Waals surface area contributed by atoms with Gasteiger partial charge in [-0.1, -0.05) is 17.3 Å². The molecule has 0 aliphatic rings. The summed E-state index contributed by atoms with van der Waals surface area (Å²) in [6, 6.07) is 0. The molecule has 0 amide bonds. The summed E-state index contributed by atoms with van der Waals surface area (Å²) in [6.45, 7) is 2.63. The van der Waals surface area contributed by atoms with Gasteiger partial charge in [0.1, 0.15) is 6.54 Å². The van der Waals surface area contributed by atoms with Gasteiger partial charge in [-0.25, -0.2) is 9.48 Å². The van der Waals surface area contributed by atoms with Crippen LogP contribution >= 0.6 is 0 Å². The summed E-state index contributed by atoms with van der Waals surface area (Å²) < 4.78 is 16.3. The zero-order valence-corrected chi connectivity index (χ0v) is 12.2. The maximum atomic E-state index is 11.7. The van der Waals surface area contributed by atoms with Crippen LogP contribution in [0.1, 0.15) is 34.8 Å². The minimum Gasteiger partial charge on any atom is -0.464 e. The quantitative estimate of drug-likeness (QED) is 0.669. The average molecular weight is 295 g/mol. The summed E-state index contributed by atoms with van der Waals surface area (Å²) in [6.07, 6.45) is 1.14. The topological polar surface area (TPSA) is 105 Å². The Morgan fingerprint density at radius 3 is 2.81 bits per heavy atom. The van der Waals surface area contributed by atoms with Crippen LogP contribution in [0.4, 0.5) is 0 Å². The van der Waals surface area contributed by atoms with E-state index in [-0.39, 0.29) is 12.2 Å². The van der Waals surface area contributed by atoms with Gasteiger partial charge in [0.2, 0.25) is 5.89 Å². The predicted molar refractivity (Wildman–Crippen MR) is 69.7 cm³/mol. The molecule has 0 N–H and O–H groups in total. The number of aromatic nitrogens is 5. The lowest BCUT2D eigenvalue weighted by Crippen LogP contribution is -2.13. The first-order valence-corrected chi connectivity index (χ1v) is 6.50. The van der Waals surface area contributed by atoms with Gasteiger partial charge in [0.25, 0.3) is 0 Å². The summed E-state index contributed by atoms with van der Waals surface area (Å²) in [7, 11) is 2.88. The molecule has 0 aromatic carbocycles. The number of hydrogen-bond donors (Lipinski definition) is 0. The number of esters is 1.